The van der Waals surface area contributed by atoms with Gasteiger partial charge in [0, 0.05) is 24.6 Å². The van der Waals surface area contributed by atoms with Gasteiger partial charge in [0.15, 0.2) is 11.5 Å². The van der Waals surface area contributed by atoms with Gasteiger partial charge < -0.3 is 19.9 Å². The van der Waals surface area contributed by atoms with Crippen molar-refractivity contribution in [3.63, 3.8) is 0 Å². The number of nitrogens with zero attached hydrogens (tertiary/aromatic N) is 1. The Morgan fingerprint density at radius 1 is 1.27 bits per heavy atom. The Bertz CT molecular complexity index is 961. The number of piperidine rings is 1. The van der Waals surface area contributed by atoms with Crippen LogP contribution < -0.4 is 14.8 Å². The molecule has 3 aliphatic heterocycles. The molecule has 0 unspecified atom stereocenters. The molecule has 0 aromatic heterocycles. The molecule has 3 aliphatic carbocycles. The zero-order chi connectivity index (χ0) is 20.3. The van der Waals surface area contributed by atoms with E-state index in [0.717, 1.165) is 62.6 Å². The van der Waals surface area contributed by atoms with Gasteiger partial charge >= 0.3 is 0 Å². The van der Waals surface area contributed by atoms with Crippen LogP contribution in [0.2, 0.25) is 0 Å². The summed E-state index contributed by atoms with van der Waals surface area (Å²) in [7, 11) is 1.68. The lowest BCUT2D eigenvalue weighted by Crippen LogP contribution is -2.80. The average Bonchev–Trinajstić information content (AvgIpc) is 3.36. The maximum absolute atomic E-state index is 12.5. The number of methoxy groups -OCH3 is 1. The lowest BCUT2D eigenvalue weighted by atomic mass is 9.46. The van der Waals surface area contributed by atoms with Crippen molar-refractivity contribution < 1.29 is 19.4 Å². The van der Waals surface area contributed by atoms with Crippen LogP contribution in [0.25, 0.3) is 0 Å². The first kappa shape index (κ1) is 17.8. The molecule has 6 aliphatic rings. The van der Waals surface area contributed by atoms with E-state index in [1.165, 1.54) is 24.0 Å². The summed E-state index contributed by atoms with van der Waals surface area (Å²) in [5.74, 6) is 2.48. The quantitative estimate of drug-likeness (QED) is 0.797. The molecule has 3 heterocycles. The molecule has 7 rings (SSSR count). The fourth-order valence-corrected chi connectivity index (χ4v) is 7.88. The minimum absolute atomic E-state index is 0.113. The summed E-state index contributed by atoms with van der Waals surface area (Å²) >= 11 is 0. The molecule has 5 atom stereocenters. The van der Waals surface area contributed by atoms with Crippen LogP contribution in [0, 0.1) is 5.92 Å². The van der Waals surface area contributed by atoms with E-state index in [0.29, 0.717) is 6.42 Å². The van der Waals surface area contributed by atoms with Crippen LogP contribution in [0.5, 0.6) is 11.5 Å². The Morgan fingerprint density at radius 2 is 2.13 bits per heavy atom. The summed E-state index contributed by atoms with van der Waals surface area (Å²) in [6.45, 7) is 2.10. The van der Waals surface area contributed by atoms with Gasteiger partial charge in [0.2, 0.25) is 5.91 Å². The number of fused-ring (bicyclic) bond motifs is 1. The molecule has 2 N–H and O–H groups in total. The molecule has 160 valence electrons. The van der Waals surface area contributed by atoms with Crippen molar-refractivity contribution in [1.82, 2.24) is 10.2 Å². The lowest BCUT2D eigenvalue weighted by Gasteiger charge is -2.66. The molecular weight excluding hydrogens is 380 g/mol. The second-order valence-corrected chi connectivity index (χ2v) is 10.6. The maximum atomic E-state index is 12.5. The fourth-order valence-electron chi connectivity index (χ4n) is 7.88. The van der Waals surface area contributed by atoms with Crippen molar-refractivity contribution in [3.05, 3.63) is 23.3 Å². The molecule has 4 fully saturated rings. The van der Waals surface area contributed by atoms with Crippen LogP contribution in [0.4, 0.5) is 0 Å². The first-order chi connectivity index (χ1) is 14.5. The highest BCUT2D eigenvalue weighted by molar-refractivity contribution is 5.80. The molecule has 6 heteroatoms. The number of likely N-dealkylation sites (tertiary alicyclic amines) is 1. The standard InChI is InChI=1S/C24H30N2O4/c1-29-16-5-4-15-12-17-24(28)9-8-22(7-6-18(27)25-22)21-23(24,19(15)20(16)30-21)10-11-26(17)13-14-2-3-14/h4-5,14,17,21,28H,2-3,6-13H2,1H3,(H,25,27)/t17-,21+,22-,23+,24-/m1/s1. The van der Waals surface area contributed by atoms with Crippen molar-refractivity contribution in [2.75, 3.05) is 20.2 Å². The second kappa shape index (κ2) is 5.52. The van der Waals surface area contributed by atoms with Crippen molar-refractivity contribution >= 4 is 5.91 Å². The van der Waals surface area contributed by atoms with Crippen LogP contribution in [0.3, 0.4) is 0 Å². The highest BCUT2D eigenvalue weighted by Gasteiger charge is 2.76. The number of aliphatic hydroxyl groups is 1. The van der Waals surface area contributed by atoms with Gasteiger partial charge in [-0.1, -0.05) is 6.07 Å². The molecule has 1 aromatic rings. The summed E-state index contributed by atoms with van der Waals surface area (Å²) in [5, 5.41) is 15.8. The summed E-state index contributed by atoms with van der Waals surface area (Å²) in [5.41, 5.74) is 0.797. The van der Waals surface area contributed by atoms with Crippen LogP contribution >= 0.6 is 0 Å². The first-order valence-corrected chi connectivity index (χ1v) is 11.7. The van der Waals surface area contributed by atoms with Gasteiger partial charge in [0.05, 0.1) is 23.7 Å². The van der Waals surface area contributed by atoms with Gasteiger partial charge in [-0.15, -0.1) is 0 Å². The number of nitrogens with one attached hydrogen (secondary N) is 1. The largest absolute Gasteiger partial charge is 0.493 e. The van der Waals surface area contributed by atoms with E-state index in [9.17, 15) is 9.90 Å². The molecule has 2 spiro atoms. The lowest BCUT2D eigenvalue weighted by molar-refractivity contribution is -0.204. The fraction of sp³-hybridized carbons (Fsp3) is 0.708. The number of benzene rings is 1. The predicted molar refractivity (Wildman–Crippen MR) is 110 cm³/mol. The minimum Gasteiger partial charge on any atom is -0.493 e. The van der Waals surface area contributed by atoms with E-state index in [1.54, 1.807) is 7.11 Å². The number of ether oxygens (including phenoxy) is 2. The highest BCUT2D eigenvalue weighted by atomic mass is 16.5. The van der Waals surface area contributed by atoms with E-state index in [-0.39, 0.29) is 23.6 Å². The summed E-state index contributed by atoms with van der Waals surface area (Å²) in [4.78, 5) is 14.9. The number of amides is 1. The van der Waals surface area contributed by atoms with E-state index < -0.39 is 11.0 Å². The molecule has 2 saturated carbocycles. The van der Waals surface area contributed by atoms with Crippen LogP contribution in [0.15, 0.2) is 12.1 Å². The highest BCUT2D eigenvalue weighted by Crippen LogP contribution is 2.68. The molecule has 2 bridgehead atoms. The number of hydrogen-bond acceptors (Lipinski definition) is 5. The second-order valence-electron chi connectivity index (χ2n) is 10.6. The Morgan fingerprint density at radius 3 is 2.87 bits per heavy atom. The van der Waals surface area contributed by atoms with Crippen molar-refractivity contribution in [3.8, 4) is 11.5 Å². The molecule has 1 aromatic carbocycles. The number of carbonyl (C=O) groups is 1. The van der Waals surface area contributed by atoms with Crippen LogP contribution in [0.1, 0.15) is 56.1 Å². The summed E-state index contributed by atoms with van der Waals surface area (Å²) in [6.07, 6.45) is 7.00. The van der Waals surface area contributed by atoms with Crippen molar-refractivity contribution in [2.45, 2.75) is 80.1 Å². The third kappa shape index (κ3) is 1.92. The third-order valence-electron chi connectivity index (χ3n) is 9.36. The van der Waals surface area contributed by atoms with Crippen molar-refractivity contribution in [2.24, 2.45) is 5.92 Å². The van der Waals surface area contributed by atoms with Gasteiger partial charge in [-0.3, -0.25) is 9.69 Å². The molecule has 1 amide bonds. The molecule has 30 heavy (non-hydrogen) atoms. The Hall–Kier alpha value is -1.79. The molecule has 2 saturated heterocycles. The third-order valence-corrected chi connectivity index (χ3v) is 9.36. The Labute approximate surface area is 176 Å². The number of rotatable bonds is 3. The Kier molecular flexibility index (Phi) is 3.28. The topological polar surface area (TPSA) is 71.0 Å². The molecular formula is C24H30N2O4. The Balaban J connectivity index is 1.44. The molecule has 6 nitrogen and oxygen atoms in total. The van der Waals surface area contributed by atoms with Gasteiger partial charge in [-0.25, -0.2) is 0 Å². The maximum Gasteiger partial charge on any atom is 0.220 e. The SMILES string of the molecule is COc1ccc2c3c1O[C@H]1[C@@]4(CCC(=O)N4)CC[C@@]4(O)[C@@H](C2)N(CC2CC2)CC[C@]314. The van der Waals surface area contributed by atoms with Gasteiger partial charge in [-0.05, 0) is 69.0 Å². The van der Waals surface area contributed by atoms with Gasteiger partial charge in [0.1, 0.15) is 6.10 Å². The first-order valence-electron chi connectivity index (χ1n) is 11.7. The average molecular weight is 411 g/mol. The van der Waals surface area contributed by atoms with Gasteiger partial charge in [-0.2, -0.15) is 0 Å². The monoisotopic (exact) mass is 410 g/mol. The number of carbonyl (C=O) groups excluding carboxylic acids is 1. The summed E-state index contributed by atoms with van der Waals surface area (Å²) in [6, 6.07) is 4.33. The normalized spacial score (nSPS) is 43.3. The number of hydrogen-bond donors (Lipinski definition) is 2. The van der Waals surface area contributed by atoms with Crippen molar-refractivity contribution in [1.29, 1.82) is 0 Å². The van der Waals surface area contributed by atoms with E-state index >= 15 is 0 Å². The zero-order valence-electron chi connectivity index (χ0n) is 17.6. The predicted octanol–water partition coefficient (Wildman–Crippen LogP) is 1.91. The van der Waals surface area contributed by atoms with Gasteiger partial charge in [0.25, 0.3) is 0 Å². The summed E-state index contributed by atoms with van der Waals surface area (Å²) < 4.78 is 12.5. The van der Waals surface area contributed by atoms with E-state index in [4.69, 9.17) is 9.47 Å². The smallest absolute Gasteiger partial charge is 0.220 e. The van der Waals surface area contributed by atoms with Crippen LogP contribution in [-0.4, -0.2) is 59.4 Å². The van der Waals surface area contributed by atoms with E-state index in [1.807, 2.05) is 6.07 Å². The zero-order valence-corrected chi connectivity index (χ0v) is 17.6. The van der Waals surface area contributed by atoms with E-state index in [2.05, 4.69) is 16.3 Å². The molecule has 0 radical (unpaired) electrons. The van der Waals surface area contributed by atoms with Crippen LogP contribution in [-0.2, 0) is 16.6 Å². The minimum atomic E-state index is -0.825.